The Hall–Kier alpha value is -2.05. The summed E-state index contributed by atoms with van der Waals surface area (Å²) >= 11 is 0. The SMILES string of the molecule is CCc1cc(NC(=O)[C@@H](NC(=O)N2CCCC2)C(C)CC)n(C)n1. The van der Waals surface area contributed by atoms with E-state index >= 15 is 0 Å². The van der Waals surface area contributed by atoms with E-state index in [4.69, 9.17) is 0 Å². The van der Waals surface area contributed by atoms with Gasteiger partial charge < -0.3 is 15.5 Å². The summed E-state index contributed by atoms with van der Waals surface area (Å²) in [5, 5.41) is 10.2. The van der Waals surface area contributed by atoms with Gasteiger partial charge in [-0.3, -0.25) is 9.48 Å². The quantitative estimate of drug-likeness (QED) is 0.836. The number of aryl methyl sites for hydroxylation is 2. The summed E-state index contributed by atoms with van der Waals surface area (Å²) in [6.07, 6.45) is 3.68. The Morgan fingerprint density at radius 3 is 2.50 bits per heavy atom. The molecule has 0 radical (unpaired) electrons. The van der Waals surface area contributed by atoms with Crippen molar-refractivity contribution >= 4 is 17.8 Å². The predicted octanol–water partition coefficient (Wildman–Crippen LogP) is 2.14. The number of hydrogen-bond donors (Lipinski definition) is 2. The van der Waals surface area contributed by atoms with Crippen LogP contribution in [0, 0.1) is 5.92 Å². The van der Waals surface area contributed by atoms with Crippen LogP contribution in [0.5, 0.6) is 0 Å². The standard InChI is InChI=1S/C17H29N5O2/c1-5-12(3)15(19-17(24)22-9-7-8-10-22)16(23)18-14-11-13(6-2)20-21(14)4/h11-12,15H,5-10H2,1-4H3,(H,18,23)(H,19,24)/t12?,15-/m0/s1. The largest absolute Gasteiger partial charge is 0.326 e. The van der Waals surface area contributed by atoms with Crippen molar-refractivity contribution in [1.29, 1.82) is 0 Å². The lowest BCUT2D eigenvalue weighted by molar-refractivity contribution is -0.119. The van der Waals surface area contributed by atoms with E-state index in [0.717, 1.165) is 44.5 Å². The minimum Gasteiger partial charge on any atom is -0.326 e. The van der Waals surface area contributed by atoms with Crippen molar-refractivity contribution in [3.63, 3.8) is 0 Å². The molecule has 1 aliphatic rings. The molecule has 0 bridgehead atoms. The molecule has 3 amide bonds. The van der Waals surface area contributed by atoms with Gasteiger partial charge >= 0.3 is 6.03 Å². The molecule has 7 heteroatoms. The first-order chi connectivity index (χ1) is 11.5. The number of rotatable bonds is 6. The second-order valence-corrected chi connectivity index (χ2v) is 6.49. The highest BCUT2D eigenvalue weighted by molar-refractivity contribution is 5.96. The minimum absolute atomic E-state index is 0.0513. The first-order valence-corrected chi connectivity index (χ1v) is 8.85. The van der Waals surface area contributed by atoms with Gasteiger partial charge in [0.25, 0.3) is 0 Å². The van der Waals surface area contributed by atoms with E-state index in [0.29, 0.717) is 5.82 Å². The second-order valence-electron chi connectivity index (χ2n) is 6.49. The van der Waals surface area contributed by atoms with Gasteiger partial charge in [0.15, 0.2) is 0 Å². The summed E-state index contributed by atoms with van der Waals surface area (Å²) < 4.78 is 1.66. The van der Waals surface area contributed by atoms with Crippen LogP contribution < -0.4 is 10.6 Å². The van der Waals surface area contributed by atoms with Gasteiger partial charge in [0, 0.05) is 26.2 Å². The summed E-state index contributed by atoms with van der Waals surface area (Å²) in [5.41, 5.74) is 0.925. The third-order valence-electron chi connectivity index (χ3n) is 4.71. The average Bonchev–Trinajstić information content (AvgIpc) is 3.22. The van der Waals surface area contributed by atoms with Gasteiger partial charge in [-0.2, -0.15) is 5.10 Å². The summed E-state index contributed by atoms with van der Waals surface area (Å²) in [4.78, 5) is 26.9. The molecule has 1 aromatic heterocycles. The van der Waals surface area contributed by atoms with E-state index in [1.807, 2.05) is 26.8 Å². The fourth-order valence-corrected chi connectivity index (χ4v) is 2.87. The molecule has 1 aliphatic heterocycles. The molecular weight excluding hydrogens is 306 g/mol. The first-order valence-electron chi connectivity index (χ1n) is 8.85. The number of anilines is 1. The molecule has 0 spiro atoms. The van der Waals surface area contributed by atoms with Crippen LogP contribution in [0.15, 0.2) is 6.07 Å². The van der Waals surface area contributed by atoms with Crippen LogP contribution in [-0.4, -0.2) is 45.8 Å². The predicted molar refractivity (Wildman–Crippen MR) is 93.8 cm³/mol. The van der Waals surface area contributed by atoms with E-state index < -0.39 is 6.04 Å². The lowest BCUT2D eigenvalue weighted by Crippen LogP contribution is -2.51. The number of hydrogen-bond acceptors (Lipinski definition) is 3. The monoisotopic (exact) mass is 335 g/mol. The maximum atomic E-state index is 12.7. The van der Waals surface area contributed by atoms with Crippen molar-refractivity contribution in [2.75, 3.05) is 18.4 Å². The van der Waals surface area contributed by atoms with Crippen LogP contribution in [-0.2, 0) is 18.3 Å². The number of amides is 3. The molecule has 2 heterocycles. The highest BCUT2D eigenvalue weighted by atomic mass is 16.2. The van der Waals surface area contributed by atoms with E-state index in [1.54, 1.807) is 16.6 Å². The van der Waals surface area contributed by atoms with Crippen LogP contribution in [0.4, 0.5) is 10.6 Å². The number of urea groups is 1. The van der Waals surface area contributed by atoms with Gasteiger partial charge in [0.2, 0.25) is 5.91 Å². The molecule has 2 rings (SSSR count). The third kappa shape index (κ3) is 4.27. The van der Waals surface area contributed by atoms with Crippen LogP contribution in [0.2, 0.25) is 0 Å². The van der Waals surface area contributed by atoms with Gasteiger partial charge in [-0.25, -0.2) is 4.79 Å². The van der Waals surface area contributed by atoms with Crippen LogP contribution in [0.3, 0.4) is 0 Å². The van der Waals surface area contributed by atoms with Crippen molar-refractivity contribution in [1.82, 2.24) is 20.0 Å². The Morgan fingerprint density at radius 2 is 1.96 bits per heavy atom. The molecule has 7 nitrogen and oxygen atoms in total. The Labute approximate surface area is 143 Å². The fraction of sp³-hybridized carbons (Fsp3) is 0.706. The number of aromatic nitrogens is 2. The zero-order chi connectivity index (χ0) is 17.7. The maximum Gasteiger partial charge on any atom is 0.318 e. The molecule has 1 unspecified atom stereocenters. The maximum absolute atomic E-state index is 12.7. The molecular formula is C17H29N5O2. The summed E-state index contributed by atoms with van der Waals surface area (Å²) in [6, 6.07) is 1.17. The summed E-state index contributed by atoms with van der Waals surface area (Å²) in [7, 11) is 1.80. The molecule has 0 aliphatic carbocycles. The topological polar surface area (TPSA) is 79.3 Å². The Kier molecular flexibility index (Phi) is 6.23. The van der Waals surface area contributed by atoms with Crippen LogP contribution in [0.25, 0.3) is 0 Å². The van der Waals surface area contributed by atoms with E-state index in [1.165, 1.54) is 0 Å². The Morgan fingerprint density at radius 1 is 1.29 bits per heavy atom. The zero-order valence-corrected chi connectivity index (χ0v) is 15.1. The van der Waals surface area contributed by atoms with Crippen LogP contribution >= 0.6 is 0 Å². The van der Waals surface area contributed by atoms with E-state index in [2.05, 4.69) is 15.7 Å². The summed E-state index contributed by atoms with van der Waals surface area (Å²) in [6.45, 7) is 7.55. The molecule has 24 heavy (non-hydrogen) atoms. The number of nitrogens with zero attached hydrogens (tertiary/aromatic N) is 3. The zero-order valence-electron chi connectivity index (χ0n) is 15.1. The molecule has 1 saturated heterocycles. The summed E-state index contributed by atoms with van der Waals surface area (Å²) in [5.74, 6) is 0.513. The van der Waals surface area contributed by atoms with Crippen molar-refractivity contribution in [3.8, 4) is 0 Å². The molecule has 0 aromatic carbocycles. The fourth-order valence-electron chi connectivity index (χ4n) is 2.87. The molecule has 1 fully saturated rings. The van der Waals surface area contributed by atoms with Crippen molar-refractivity contribution < 1.29 is 9.59 Å². The normalized spacial score (nSPS) is 16.8. The van der Waals surface area contributed by atoms with Gasteiger partial charge in [0.05, 0.1) is 5.69 Å². The first kappa shape index (κ1) is 18.3. The van der Waals surface area contributed by atoms with E-state index in [9.17, 15) is 9.59 Å². The molecule has 0 saturated carbocycles. The lowest BCUT2D eigenvalue weighted by Gasteiger charge is -2.26. The van der Waals surface area contributed by atoms with Crippen molar-refractivity contribution in [2.24, 2.45) is 13.0 Å². The van der Waals surface area contributed by atoms with Gasteiger partial charge in [-0.05, 0) is 25.2 Å². The Bertz CT molecular complexity index is 578. The molecule has 1 aromatic rings. The minimum atomic E-state index is -0.553. The molecule has 134 valence electrons. The number of nitrogens with one attached hydrogen (secondary N) is 2. The average molecular weight is 335 g/mol. The third-order valence-corrected chi connectivity index (χ3v) is 4.71. The number of likely N-dealkylation sites (tertiary alicyclic amines) is 1. The van der Waals surface area contributed by atoms with Gasteiger partial charge in [-0.1, -0.05) is 27.2 Å². The lowest BCUT2D eigenvalue weighted by atomic mass is 9.98. The van der Waals surface area contributed by atoms with Gasteiger partial charge in [0.1, 0.15) is 11.9 Å². The van der Waals surface area contributed by atoms with Crippen molar-refractivity contribution in [2.45, 2.75) is 52.5 Å². The molecule has 2 N–H and O–H groups in total. The van der Waals surface area contributed by atoms with Crippen molar-refractivity contribution in [3.05, 3.63) is 11.8 Å². The Balaban J connectivity index is 2.06. The van der Waals surface area contributed by atoms with E-state index in [-0.39, 0.29) is 17.9 Å². The molecule has 2 atom stereocenters. The van der Waals surface area contributed by atoms with Gasteiger partial charge in [-0.15, -0.1) is 0 Å². The highest BCUT2D eigenvalue weighted by Gasteiger charge is 2.29. The second kappa shape index (κ2) is 8.17. The van der Waals surface area contributed by atoms with Crippen LogP contribution in [0.1, 0.15) is 45.7 Å². The highest BCUT2D eigenvalue weighted by Crippen LogP contribution is 2.15. The number of carbonyl (C=O) groups is 2. The number of carbonyl (C=O) groups excluding carboxylic acids is 2. The smallest absolute Gasteiger partial charge is 0.318 e.